The van der Waals surface area contributed by atoms with E-state index in [9.17, 15) is 4.79 Å². The summed E-state index contributed by atoms with van der Waals surface area (Å²) in [5, 5.41) is 8.02. The number of Topliss-reactive ketones (excluding diaryl/α,β-unsaturated/α-hetero) is 1. The molecule has 1 aliphatic carbocycles. The van der Waals surface area contributed by atoms with E-state index in [0.717, 1.165) is 28.2 Å². The minimum absolute atomic E-state index is 0.0545. The molecule has 0 radical (unpaired) electrons. The Morgan fingerprint density at radius 3 is 2.14 bits per heavy atom. The number of halogens is 2. The van der Waals surface area contributed by atoms with Crippen LogP contribution >= 0.6 is 23.2 Å². The fraction of sp³-hybridized carbons (Fsp3) is 0.250. The van der Waals surface area contributed by atoms with Crippen molar-refractivity contribution in [2.45, 2.75) is 24.8 Å². The summed E-state index contributed by atoms with van der Waals surface area (Å²) < 4.78 is 16.6. The number of rotatable bonds is 5. The first kappa shape index (κ1) is 24.3. The molecule has 3 aromatic rings. The number of hydrogen-bond donors (Lipinski definition) is 2. The van der Waals surface area contributed by atoms with Gasteiger partial charge in [-0.3, -0.25) is 4.79 Å². The van der Waals surface area contributed by atoms with Crippen molar-refractivity contribution in [3.05, 3.63) is 87.0 Å². The molecule has 1 aliphatic heterocycles. The lowest BCUT2D eigenvalue weighted by molar-refractivity contribution is -0.116. The van der Waals surface area contributed by atoms with Crippen molar-refractivity contribution in [3.63, 3.8) is 0 Å². The molecule has 5 rings (SSSR count). The number of anilines is 2. The molecule has 0 saturated carbocycles. The molecule has 36 heavy (non-hydrogen) atoms. The zero-order valence-electron chi connectivity index (χ0n) is 20.2. The van der Waals surface area contributed by atoms with E-state index < -0.39 is 0 Å². The van der Waals surface area contributed by atoms with Crippen LogP contribution in [0.5, 0.6) is 17.2 Å². The molecule has 0 saturated heterocycles. The van der Waals surface area contributed by atoms with Gasteiger partial charge in [-0.1, -0.05) is 41.4 Å². The molecule has 0 amide bonds. The molecule has 3 aromatic carbocycles. The third-order valence-electron chi connectivity index (χ3n) is 6.74. The van der Waals surface area contributed by atoms with Crippen molar-refractivity contribution >= 4 is 40.4 Å². The molecular weight excluding hydrogens is 499 g/mol. The van der Waals surface area contributed by atoms with Crippen LogP contribution in [-0.4, -0.2) is 27.1 Å². The molecule has 6 nitrogen and oxygen atoms in total. The van der Waals surface area contributed by atoms with Crippen molar-refractivity contribution in [2.24, 2.45) is 0 Å². The molecule has 1 heterocycles. The van der Waals surface area contributed by atoms with Gasteiger partial charge in [0.1, 0.15) is 0 Å². The van der Waals surface area contributed by atoms with Crippen LogP contribution in [0, 0.1) is 0 Å². The summed E-state index contributed by atoms with van der Waals surface area (Å²) in [6.07, 6.45) is 0.975. The number of ether oxygens (including phenoxy) is 3. The monoisotopic (exact) mass is 524 g/mol. The highest BCUT2D eigenvalue weighted by molar-refractivity contribution is 6.42. The summed E-state index contributed by atoms with van der Waals surface area (Å²) in [5.41, 5.74) is 5.20. The number of para-hydroxylation sites is 2. The maximum absolute atomic E-state index is 13.8. The molecule has 0 unspecified atom stereocenters. The third-order valence-corrected chi connectivity index (χ3v) is 7.48. The number of nitrogens with one attached hydrogen (secondary N) is 2. The maximum atomic E-state index is 13.8. The Labute approximate surface area is 220 Å². The van der Waals surface area contributed by atoms with Crippen LogP contribution in [0.2, 0.25) is 10.0 Å². The maximum Gasteiger partial charge on any atom is 0.203 e. The number of carbonyl (C=O) groups is 1. The summed E-state index contributed by atoms with van der Waals surface area (Å²) in [7, 11) is 4.75. The standard InChI is InChI=1S/C28H26Cl2N2O4/c1-34-24-13-17(14-25(35-2)28(24)36-3)16-11-22-26(23(33)12-16)27(15-8-9-18(29)19(30)10-15)32-21-7-5-4-6-20(21)31-22/h4-10,13-14,16,27,31-32H,11-12H2,1-3H3/t16-,27-/m0/s1. The number of ketones is 1. The van der Waals surface area contributed by atoms with Crippen LogP contribution in [0.4, 0.5) is 11.4 Å². The Hall–Kier alpha value is -3.35. The predicted molar refractivity (Wildman–Crippen MR) is 143 cm³/mol. The number of carbonyl (C=O) groups excluding carboxylic acids is 1. The van der Waals surface area contributed by atoms with E-state index in [1.807, 2.05) is 48.5 Å². The van der Waals surface area contributed by atoms with Crippen molar-refractivity contribution in [3.8, 4) is 17.2 Å². The van der Waals surface area contributed by atoms with Gasteiger partial charge in [0, 0.05) is 17.7 Å². The van der Waals surface area contributed by atoms with Crippen molar-refractivity contribution in [1.82, 2.24) is 0 Å². The van der Waals surface area contributed by atoms with Crippen LogP contribution < -0.4 is 24.8 Å². The van der Waals surface area contributed by atoms with Gasteiger partial charge in [0.2, 0.25) is 5.75 Å². The van der Waals surface area contributed by atoms with Gasteiger partial charge in [-0.2, -0.15) is 0 Å². The molecule has 0 bridgehead atoms. The van der Waals surface area contributed by atoms with E-state index >= 15 is 0 Å². The van der Waals surface area contributed by atoms with E-state index in [2.05, 4.69) is 10.6 Å². The summed E-state index contributed by atoms with van der Waals surface area (Å²) in [5.74, 6) is 1.63. The largest absolute Gasteiger partial charge is 0.493 e. The highest BCUT2D eigenvalue weighted by atomic mass is 35.5. The normalized spacial score (nSPS) is 18.9. The van der Waals surface area contributed by atoms with E-state index in [1.54, 1.807) is 27.4 Å². The Morgan fingerprint density at radius 1 is 0.806 bits per heavy atom. The van der Waals surface area contributed by atoms with Crippen LogP contribution in [-0.2, 0) is 4.79 Å². The lowest BCUT2D eigenvalue weighted by atomic mass is 9.78. The number of methoxy groups -OCH3 is 3. The van der Waals surface area contributed by atoms with Gasteiger partial charge in [-0.25, -0.2) is 0 Å². The van der Waals surface area contributed by atoms with E-state index in [1.165, 1.54) is 0 Å². The van der Waals surface area contributed by atoms with Crippen LogP contribution in [0.15, 0.2) is 65.9 Å². The van der Waals surface area contributed by atoms with Crippen LogP contribution in [0.25, 0.3) is 0 Å². The van der Waals surface area contributed by atoms with Gasteiger partial charge in [0.05, 0.1) is 48.8 Å². The zero-order chi connectivity index (χ0) is 25.4. The molecule has 2 atom stereocenters. The molecule has 0 spiro atoms. The van der Waals surface area contributed by atoms with E-state index in [0.29, 0.717) is 45.7 Å². The number of hydrogen-bond acceptors (Lipinski definition) is 6. The predicted octanol–water partition coefficient (Wildman–Crippen LogP) is 7.00. The zero-order valence-corrected chi connectivity index (χ0v) is 21.7. The highest BCUT2D eigenvalue weighted by Crippen LogP contribution is 2.47. The van der Waals surface area contributed by atoms with Crippen LogP contribution in [0.3, 0.4) is 0 Å². The summed E-state index contributed by atoms with van der Waals surface area (Å²) in [4.78, 5) is 13.8. The minimum atomic E-state index is -0.376. The third kappa shape index (κ3) is 4.36. The van der Waals surface area contributed by atoms with Gasteiger partial charge in [-0.15, -0.1) is 0 Å². The second-order valence-corrected chi connectivity index (χ2v) is 9.62. The molecule has 186 valence electrons. The first-order valence-corrected chi connectivity index (χ1v) is 12.3. The Morgan fingerprint density at radius 2 is 1.50 bits per heavy atom. The first-order chi connectivity index (χ1) is 17.4. The van der Waals surface area contributed by atoms with Gasteiger partial charge in [0.25, 0.3) is 0 Å². The first-order valence-electron chi connectivity index (χ1n) is 11.6. The van der Waals surface area contributed by atoms with Crippen molar-refractivity contribution < 1.29 is 19.0 Å². The fourth-order valence-corrected chi connectivity index (χ4v) is 5.31. The molecule has 2 N–H and O–H groups in total. The molecule has 2 aliphatic rings. The number of benzene rings is 3. The van der Waals surface area contributed by atoms with Crippen molar-refractivity contribution in [2.75, 3.05) is 32.0 Å². The SMILES string of the molecule is COc1cc([C@@H]2CC(=O)C3=C(C2)Nc2ccccc2N[C@H]3c2ccc(Cl)c(Cl)c2)cc(OC)c1OC. The quantitative estimate of drug-likeness (QED) is 0.374. The molecule has 8 heteroatoms. The van der Waals surface area contributed by atoms with Gasteiger partial charge in [-0.05, 0) is 59.9 Å². The molecular formula is C28H26Cl2N2O4. The second-order valence-electron chi connectivity index (χ2n) is 8.80. The summed E-state index contributed by atoms with van der Waals surface area (Å²) >= 11 is 12.5. The Bertz CT molecular complexity index is 1350. The fourth-order valence-electron chi connectivity index (χ4n) is 5.01. The average Bonchev–Trinajstić information content (AvgIpc) is 3.06. The topological polar surface area (TPSA) is 68.8 Å². The number of allylic oxidation sites excluding steroid dienone is 1. The molecule has 0 aromatic heterocycles. The van der Waals surface area contributed by atoms with Gasteiger partial charge >= 0.3 is 0 Å². The summed E-state index contributed by atoms with van der Waals surface area (Å²) in [6, 6.07) is 16.9. The van der Waals surface area contributed by atoms with Crippen molar-refractivity contribution in [1.29, 1.82) is 0 Å². The smallest absolute Gasteiger partial charge is 0.203 e. The second kappa shape index (κ2) is 9.96. The van der Waals surface area contributed by atoms with Crippen LogP contribution in [0.1, 0.15) is 35.9 Å². The lowest BCUT2D eigenvalue weighted by Gasteiger charge is -2.30. The summed E-state index contributed by atoms with van der Waals surface area (Å²) in [6.45, 7) is 0. The van der Waals surface area contributed by atoms with Gasteiger partial charge < -0.3 is 24.8 Å². The van der Waals surface area contributed by atoms with E-state index in [4.69, 9.17) is 37.4 Å². The lowest BCUT2D eigenvalue weighted by Crippen LogP contribution is -2.27. The Kier molecular flexibility index (Phi) is 6.73. The number of fused-ring (bicyclic) bond motifs is 1. The Balaban J connectivity index is 1.60. The van der Waals surface area contributed by atoms with Gasteiger partial charge in [0.15, 0.2) is 17.3 Å². The molecule has 0 fully saturated rings. The average molecular weight is 525 g/mol. The van der Waals surface area contributed by atoms with E-state index in [-0.39, 0.29) is 17.7 Å². The highest BCUT2D eigenvalue weighted by Gasteiger charge is 2.36. The minimum Gasteiger partial charge on any atom is -0.493 e.